The lowest BCUT2D eigenvalue weighted by Gasteiger charge is -2.18. The van der Waals surface area contributed by atoms with E-state index in [1.807, 2.05) is 0 Å². The number of aryl methyl sites for hydroxylation is 1. The molecule has 0 saturated carbocycles. The van der Waals surface area contributed by atoms with Gasteiger partial charge in [-0.05, 0) is 17.8 Å². The van der Waals surface area contributed by atoms with E-state index < -0.39 is 58.7 Å². The minimum atomic E-state index is -5.66. The summed E-state index contributed by atoms with van der Waals surface area (Å²) in [7, 11) is -15.2. The highest BCUT2D eigenvalue weighted by Crippen LogP contribution is 2.66. The van der Waals surface area contributed by atoms with Crippen molar-refractivity contribution in [3.8, 4) is 0 Å². The van der Waals surface area contributed by atoms with E-state index in [1.165, 1.54) is 7.05 Å². The average Bonchev–Trinajstić information content (AvgIpc) is 3.22. The molecule has 1 saturated heterocycles. The van der Waals surface area contributed by atoms with Gasteiger partial charge in [-0.25, -0.2) is 13.7 Å². The number of phosphoric acid groups is 3. The number of ether oxygens (including phenoxy) is 1. The van der Waals surface area contributed by atoms with Crippen LogP contribution in [0.1, 0.15) is 19.1 Å². The predicted molar refractivity (Wildman–Crippen MR) is 100 cm³/mol. The average molecular weight is 536 g/mol. The first kappa shape index (κ1) is 25.7. The zero-order chi connectivity index (χ0) is 24.8. The highest BCUT2D eigenvalue weighted by molar-refractivity contribution is 7.66. The van der Waals surface area contributed by atoms with Gasteiger partial charge < -0.3 is 34.4 Å². The maximum atomic E-state index is 12.7. The van der Waals surface area contributed by atoms with Crippen molar-refractivity contribution in [3.63, 3.8) is 0 Å². The molecule has 2 aromatic rings. The summed E-state index contributed by atoms with van der Waals surface area (Å²) in [4.78, 5) is 58.5. The Kier molecular flexibility index (Phi) is 7.01. The lowest BCUT2D eigenvalue weighted by atomic mass is 10.2. The summed E-state index contributed by atoms with van der Waals surface area (Å²) in [5.41, 5.74) is -1.34. The monoisotopic (exact) mass is 536 g/mol. The fourth-order valence-corrected chi connectivity index (χ4v) is 5.90. The van der Waals surface area contributed by atoms with Crippen molar-refractivity contribution in [2.24, 2.45) is 7.05 Å². The number of hydrogen-bond donors (Lipinski definition) is 4. The minimum Gasteiger partial charge on any atom is -0.358 e. The molecule has 1 aliphatic heterocycles. The van der Waals surface area contributed by atoms with Crippen LogP contribution in [0.4, 0.5) is 5.82 Å². The van der Waals surface area contributed by atoms with Gasteiger partial charge in [0.25, 0.3) is 0 Å². The second kappa shape index (κ2) is 9.01. The van der Waals surface area contributed by atoms with Crippen molar-refractivity contribution in [3.05, 3.63) is 20.5 Å². The van der Waals surface area contributed by atoms with Gasteiger partial charge in [0.2, 0.25) is 5.52 Å². The third kappa shape index (κ3) is 6.14. The van der Waals surface area contributed by atoms with E-state index in [0.717, 1.165) is 9.36 Å². The molecule has 23 heteroatoms. The lowest BCUT2D eigenvalue weighted by molar-refractivity contribution is -0.388. The number of nitrogens with zero attached hydrogens (tertiary/aromatic N) is 6. The minimum absolute atomic E-state index is 0.129. The molecule has 0 radical (unpaired) electrons. The van der Waals surface area contributed by atoms with Gasteiger partial charge in [-0.15, -0.1) is 5.10 Å². The van der Waals surface area contributed by atoms with Crippen molar-refractivity contribution >= 4 is 40.3 Å². The summed E-state index contributed by atoms with van der Waals surface area (Å²) < 4.78 is 52.6. The normalized spacial score (nSPS) is 22.8. The first-order valence-electron chi connectivity index (χ1n) is 8.49. The summed E-state index contributed by atoms with van der Waals surface area (Å²) >= 11 is 0. The van der Waals surface area contributed by atoms with E-state index in [9.17, 15) is 33.5 Å². The van der Waals surface area contributed by atoms with Gasteiger partial charge in [-0.2, -0.15) is 18.0 Å². The summed E-state index contributed by atoms with van der Waals surface area (Å²) in [6.45, 7) is -0.707. The lowest BCUT2D eigenvalue weighted by Crippen LogP contribution is -2.30. The van der Waals surface area contributed by atoms with Crippen LogP contribution < -0.4 is 5.56 Å². The van der Waals surface area contributed by atoms with Gasteiger partial charge in [0, 0.05) is 0 Å². The van der Waals surface area contributed by atoms with E-state index >= 15 is 0 Å². The largest absolute Gasteiger partial charge is 0.490 e. The van der Waals surface area contributed by atoms with Gasteiger partial charge in [-0.1, -0.05) is 5.21 Å². The second-order valence-corrected chi connectivity index (χ2v) is 10.8. The molecule has 2 aromatic heterocycles. The van der Waals surface area contributed by atoms with Gasteiger partial charge in [0.05, 0.1) is 24.9 Å². The van der Waals surface area contributed by atoms with Crippen molar-refractivity contribution in [2.45, 2.75) is 25.2 Å². The van der Waals surface area contributed by atoms with Crippen molar-refractivity contribution in [1.29, 1.82) is 0 Å². The number of nitro groups is 1. The Balaban J connectivity index is 1.67. The molecule has 0 aromatic carbocycles. The zero-order valence-corrected chi connectivity index (χ0v) is 18.9. The molecule has 1 aliphatic rings. The smallest absolute Gasteiger partial charge is 0.358 e. The Bertz CT molecular complexity index is 1280. The Labute approximate surface area is 181 Å². The third-order valence-corrected chi connectivity index (χ3v) is 7.83. The molecule has 0 spiro atoms. The highest BCUT2D eigenvalue weighted by Gasteiger charge is 2.41. The SMILES string of the molecule is Cn1nc([N+](=O)[O-])c2nnn(C3CCC(COP(=O)(O)OP(=O)(O)OP(=O)(O)O)O3)c(=O)c21. The van der Waals surface area contributed by atoms with Crippen LogP contribution in [0.25, 0.3) is 11.0 Å². The molecule has 1 fully saturated rings. The molecular weight excluding hydrogens is 521 g/mol. The third-order valence-electron chi connectivity index (χ3n) is 4.03. The first-order chi connectivity index (χ1) is 15.1. The Morgan fingerprint density at radius 1 is 1.18 bits per heavy atom. The molecule has 4 unspecified atom stereocenters. The fraction of sp³-hybridized carbons (Fsp3) is 0.600. The van der Waals surface area contributed by atoms with Crippen molar-refractivity contribution in [1.82, 2.24) is 24.8 Å². The van der Waals surface area contributed by atoms with E-state index in [4.69, 9.17) is 19.4 Å². The molecule has 3 rings (SSSR count). The van der Waals surface area contributed by atoms with Gasteiger partial charge >= 0.3 is 34.8 Å². The number of fused-ring (bicyclic) bond motifs is 1. The van der Waals surface area contributed by atoms with E-state index in [-0.39, 0.29) is 23.9 Å². The molecule has 184 valence electrons. The predicted octanol–water partition coefficient (Wildman–Crippen LogP) is -0.546. The molecule has 0 aliphatic carbocycles. The summed E-state index contributed by atoms with van der Waals surface area (Å²) in [5, 5.41) is 21.9. The van der Waals surface area contributed by atoms with E-state index in [2.05, 4.69) is 28.6 Å². The number of aromatic nitrogens is 5. The molecule has 4 N–H and O–H groups in total. The quantitative estimate of drug-likeness (QED) is 0.178. The van der Waals surface area contributed by atoms with E-state index in [0.29, 0.717) is 0 Å². The number of rotatable bonds is 9. The van der Waals surface area contributed by atoms with Crippen LogP contribution in [0.2, 0.25) is 0 Å². The molecule has 33 heavy (non-hydrogen) atoms. The van der Waals surface area contributed by atoms with Crippen LogP contribution >= 0.6 is 23.5 Å². The fourth-order valence-electron chi connectivity index (χ4n) is 2.85. The van der Waals surface area contributed by atoms with Crippen LogP contribution in [0.5, 0.6) is 0 Å². The van der Waals surface area contributed by atoms with Crippen LogP contribution in [0.3, 0.4) is 0 Å². The van der Waals surface area contributed by atoms with Gasteiger partial charge in [-0.3, -0.25) is 9.32 Å². The Morgan fingerprint density at radius 3 is 2.45 bits per heavy atom. The zero-order valence-electron chi connectivity index (χ0n) is 16.2. The van der Waals surface area contributed by atoms with Crippen LogP contribution in [-0.4, -0.2) is 62.0 Å². The van der Waals surface area contributed by atoms with Crippen LogP contribution in [0, 0.1) is 10.1 Å². The molecule has 4 atom stereocenters. The molecule has 0 amide bonds. The van der Waals surface area contributed by atoms with Gasteiger partial charge in [0.15, 0.2) is 11.7 Å². The maximum Gasteiger partial charge on any atom is 0.490 e. The summed E-state index contributed by atoms with van der Waals surface area (Å²) in [6.07, 6.45) is -1.73. The first-order valence-corrected chi connectivity index (χ1v) is 13.0. The molecule has 0 bridgehead atoms. The standard InChI is InChI=1S/C10H15N6O14P3/c1-14-8-7(9(12-14)16(18)19)11-13-15(10(8)17)6-3-2-5(28-6)4-27-32(23,24)30-33(25,26)29-31(20,21)22/h5-6H,2-4H2,1H3,(H,23,24)(H,25,26)(H2,20,21,22). The number of phosphoric ester groups is 1. The maximum absolute atomic E-state index is 12.7. The van der Waals surface area contributed by atoms with Crippen LogP contribution in [-0.2, 0) is 38.6 Å². The molecule has 20 nitrogen and oxygen atoms in total. The highest BCUT2D eigenvalue weighted by atomic mass is 31.3. The van der Waals surface area contributed by atoms with Crippen molar-refractivity contribution < 1.29 is 56.1 Å². The summed E-state index contributed by atoms with van der Waals surface area (Å²) in [6, 6.07) is 0. The van der Waals surface area contributed by atoms with Crippen molar-refractivity contribution in [2.75, 3.05) is 6.61 Å². The molecular formula is C10H15N6O14P3. The van der Waals surface area contributed by atoms with Crippen LogP contribution in [0.15, 0.2) is 4.79 Å². The number of hydrogen-bond acceptors (Lipinski definition) is 13. The Hall–Kier alpha value is -1.95. The van der Waals surface area contributed by atoms with E-state index in [1.54, 1.807) is 0 Å². The van der Waals surface area contributed by atoms with Gasteiger partial charge in [0.1, 0.15) is 0 Å². The summed E-state index contributed by atoms with van der Waals surface area (Å²) in [5.74, 6) is -0.662. The Morgan fingerprint density at radius 2 is 1.85 bits per heavy atom. The molecule has 3 heterocycles. The topological polar surface area (TPSA) is 278 Å². The second-order valence-electron chi connectivity index (χ2n) is 6.42.